The molecule has 0 radical (unpaired) electrons. The molecule has 1 aliphatic rings. The molecule has 39 heavy (non-hydrogen) atoms. The average Bonchev–Trinajstić information content (AvgIpc) is 2.90. The number of hydrogen-bond acceptors (Lipinski definition) is 4. The van der Waals surface area contributed by atoms with E-state index in [9.17, 15) is 14.4 Å². The molecule has 1 atom stereocenters. The van der Waals surface area contributed by atoms with Gasteiger partial charge in [0.15, 0.2) is 11.6 Å². The van der Waals surface area contributed by atoms with Crippen LogP contribution in [0.25, 0.3) is 0 Å². The van der Waals surface area contributed by atoms with Gasteiger partial charge in [0.2, 0.25) is 0 Å². The van der Waals surface area contributed by atoms with E-state index in [1.54, 1.807) is 41.6 Å². The Morgan fingerprint density at radius 3 is 2.23 bits per heavy atom. The third-order valence-electron chi connectivity index (χ3n) is 6.88. The van der Waals surface area contributed by atoms with E-state index in [-0.39, 0.29) is 25.1 Å². The molecule has 1 fully saturated rings. The third kappa shape index (κ3) is 5.23. The van der Waals surface area contributed by atoms with E-state index in [1.165, 1.54) is 18.9 Å². The summed E-state index contributed by atoms with van der Waals surface area (Å²) >= 11 is 0. The van der Waals surface area contributed by atoms with Crippen molar-refractivity contribution < 1.29 is 23.2 Å². The molecule has 3 amide bonds. The number of aryl methyl sites for hydroxylation is 2. The Kier molecular flexibility index (Phi) is 7.77. The van der Waals surface area contributed by atoms with Crippen LogP contribution < -0.4 is 9.80 Å². The molecule has 200 valence electrons. The fourth-order valence-electron chi connectivity index (χ4n) is 4.85. The summed E-state index contributed by atoms with van der Waals surface area (Å²) in [6, 6.07) is 10.3. The molecule has 0 bridgehead atoms. The molecule has 9 heteroatoms. The zero-order valence-electron chi connectivity index (χ0n) is 22.2. The predicted octanol–water partition coefficient (Wildman–Crippen LogP) is 4.63. The van der Waals surface area contributed by atoms with Gasteiger partial charge in [-0.2, -0.15) is 0 Å². The van der Waals surface area contributed by atoms with Gasteiger partial charge in [0.05, 0.1) is 5.69 Å². The first-order valence-corrected chi connectivity index (χ1v) is 12.4. The highest BCUT2D eigenvalue weighted by Gasteiger charge is 2.49. The van der Waals surface area contributed by atoms with Crippen LogP contribution in [-0.2, 0) is 9.59 Å². The Morgan fingerprint density at radius 1 is 1.05 bits per heavy atom. The summed E-state index contributed by atoms with van der Waals surface area (Å²) in [7, 11) is 1.23. The second kappa shape index (κ2) is 11.0. The quantitative estimate of drug-likeness (QED) is 0.364. The van der Waals surface area contributed by atoms with Crippen LogP contribution in [0.4, 0.5) is 25.0 Å². The molecule has 2 heterocycles. The lowest BCUT2D eigenvalue weighted by Crippen LogP contribution is -2.68. The molecule has 0 aliphatic carbocycles. The number of benzene rings is 2. The highest BCUT2D eigenvalue weighted by molar-refractivity contribution is 6.06. The topological polar surface area (TPSA) is 73.8 Å². The minimum Gasteiger partial charge on any atom is -0.308 e. The van der Waals surface area contributed by atoms with E-state index in [2.05, 4.69) is 16.8 Å². The van der Waals surface area contributed by atoms with Crippen molar-refractivity contribution in [2.75, 3.05) is 29.9 Å². The summed E-state index contributed by atoms with van der Waals surface area (Å²) in [6.45, 7) is 5.32. The van der Waals surface area contributed by atoms with Gasteiger partial charge in [-0.05, 0) is 56.2 Å². The molecule has 0 N–H and O–H groups in total. The summed E-state index contributed by atoms with van der Waals surface area (Å²) in [5, 5.41) is 0. The largest absolute Gasteiger partial charge is 0.325 e. The number of amides is 3. The van der Waals surface area contributed by atoms with E-state index in [0.717, 1.165) is 28.2 Å². The number of piperazine rings is 1. The van der Waals surface area contributed by atoms with E-state index in [1.807, 2.05) is 19.9 Å². The maximum Gasteiger partial charge on any atom is 0.325 e. The zero-order valence-corrected chi connectivity index (χ0v) is 22.2. The number of carbonyl (C=O) groups excluding carboxylic acids is 3. The van der Waals surface area contributed by atoms with Crippen LogP contribution in [0, 0.1) is 37.3 Å². The number of rotatable bonds is 4. The lowest BCUT2D eigenvalue weighted by molar-refractivity contribution is -0.133. The summed E-state index contributed by atoms with van der Waals surface area (Å²) in [4.78, 5) is 46.7. The summed E-state index contributed by atoms with van der Waals surface area (Å²) in [5.74, 6) is 3.15. The van der Waals surface area contributed by atoms with Gasteiger partial charge >= 0.3 is 6.03 Å². The Bertz CT molecular complexity index is 1460. The number of urea groups is 1. The van der Waals surface area contributed by atoms with Gasteiger partial charge in [-0.1, -0.05) is 30.0 Å². The summed E-state index contributed by atoms with van der Waals surface area (Å²) < 4.78 is 30.3. The lowest BCUT2D eigenvalue weighted by Gasteiger charge is -2.48. The van der Waals surface area contributed by atoms with E-state index in [0.29, 0.717) is 17.5 Å². The number of pyridine rings is 1. The van der Waals surface area contributed by atoms with Gasteiger partial charge in [-0.15, -0.1) is 0 Å². The van der Waals surface area contributed by atoms with E-state index in [4.69, 9.17) is 0 Å². The normalized spacial score (nSPS) is 16.9. The molecular formula is C30H28F2N4O3. The Morgan fingerprint density at radius 2 is 1.64 bits per heavy atom. The van der Waals surface area contributed by atoms with Crippen molar-refractivity contribution in [3.05, 3.63) is 88.7 Å². The Hall–Kier alpha value is -4.58. The summed E-state index contributed by atoms with van der Waals surface area (Å²) in [5.41, 5.74) is 0.857. The zero-order chi connectivity index (χ0) is 28.3. The van der Waals surface area contributed by atoms with Crippen molar-refractivity contribution in [1.29, 1.82) is 0 Å². The van der Waals surface area contributed by atoms with Crippen LogP contribution in [0.15, 0.2) is 54.9 Å². The van der Waals surface area contributed by atoms with Crippen LogP contribution in [0.1, 0.15) is 35.6 Å². The molecule has 1 unspecified atom stereocenters. The van der Waals surface area contributed by atoms with Crippen molar-refractivity contribution in [1.82, 2.24) is 9.88 Å². The Balaban J connectivity index is 1.64. The number of aldehydes is 1. The van der Waals surface area contributed by atoms with Crippen LogP contribution >= 0.6 is 0 Å². The minimum atomic E-state index is -1.57. The lowest BCUT2D eigenvalue weighted by atomic mass is 9.90. The van der Waals surface area contributed by atoms with E-state index >= 15 is 8.78 Å². The third-order valence-corrected chi connectivity index (χ3v) is 6.88. The molecule has 3 aromatic rings. The molecule has 4 rings (SSSR count). The first kappa shape index (κ1) is 27.5. The molecule has 1 saturated heterocycles. The second-order valence-corrected chi connectivity index (χ2v) is 9.62. The van der Waals surface area contributed by atoms with Crippen LogP contribution in [0.3, 0.4) is 0 Å². The number of anilines is 2. The highest BCUT2D eigenvalue weighted by Crippen LogP contribution is 2.34. The number of carbonyl (C=O) groups is 3. The van der Waals surface area contributed by atoms with Crippen molar-refractivity contribution in [2.45, 2.75) is 32.7 Å². The molecular weight excluding hydrogens is 502 g/mol. The Labute approximate surface area is 226 Å². The van der Waals surface area contributed by atoms with Gasteiger partial charge < -0.3 is 14.6 Å². The average molecular weight is 531 g/mol. The molecule has 1 aliphatic heterocycles. The monoisotopic (exact) mass is 530 g/mol. The highest BCUT2D eigenvalue weighted by atomic mass is 19.1. The van der Waals surface area contributed by atoms with Crippen molar-refractivity contribution in [2.24, 2.45) is 0 Å². The first-order chi connectivity index (χ1) is 18.6. The van der Waals surface area contributed by atoms with Crippen LogP contribution in [0.2, 0.25) is 0 Å². The molecule has 0 spiro atoms. The fourth-order valence-corrected chi connectivity index (χ4v) is 4.85. The molecule has 2 aromatic carbocycles. The van der Waals surface area contributed by atoms with Crippen molar-refractivity contribution in [3.8, 4) is 11.8 Å². The van der Waals surface area contributed by atoms with Gasteiger partial charge in [0, 0.05) is 50.1 Å². The first-order valence-electron chi connectivity index (χ1n) is 12.4. The smallest absolute Gasteiger partial charge is 0.308 e. The second-order valence-electron chi connectivity index (χ2n) is 9.62. The number of aromatic nitrogens is 1. The van der Waals surface area contributed by atoms with Crippen molar-refractivity contribution >= 4 is 29.6 Å². The fraction of sp³-hybridized carbons (Fsp3) is 0.267. The van der Waals surface area contributed by atoms with Crippen LogP contribution in [0.5, 0.6) is 0 Å². The minimum absolute atomic E-state index is 0.0460. The molecule has 0 saturated carbocycles. The van der Waals surface area contributed by atoms with Gasteiger partial charge in [-0.25, -0.2) is 13.6 Å². The van der Waals surface area contributed by atoms with E-state index < -0.39 is 34.8 Å². The standard InChI is InChI=1S/C30H28F2N4O3/c1-20-18-33-19-21(2)26(20)35-13-14-36(30(3,12-15-37)28(35)38)29(39)34(4)27-24(31)16-23(17-25(27)32)11-10-22-8-6-5-7-9-22/h5-9,15-19H,12-14H2,1-4H3. The van der Waals surface area contributed by atoms with Gasteiger partial charge in [0.1, 0.15) is 17.5 Å². The maximum absolute atomic E-state index is 15.1. The molecule has 7 nitrogen and oxygen atoms in total. The number of hydrogen-bond donors (Lipinski definition) is 0. The van der Waals surface area contributed by atoms with Gasteiger partial charge in [0.25, 0.3) is 5.91 Å². The SMILES string of the molecule is Cc1cncc(C)c1N1CCN(C(=O)N(C)c2c(F)cc(C#Cc3ccccc3)cc2F)C(C)(CC=O)C1=O. The predicted molar refractivity (Wildman–Crippen MR) is 144 cm³/mol. The van der Waals surface area contributed by atoms with Crippen molar-refractivity contribution in [3.63, 3.8) is 0 Å². The summed E-state index contributed by atoms with van der Waals surface area (Å²) in [6.07, 6.45) is 3.55. The van der Waals surface area contributed by atoms with Crippen LogP contribution in [-0.4, -0.2) is 53.8 Å². The molecule has 1 aromatic heterocycles. The van der Waals surface area contributed by atoms with Gasteiger partial charge in [-0.3, -0.25) is 14.7 Å². The number of nitrogens with zero attached hydrogens (tertiary/aromatic N) is 4. The number of halogens is 2. The maximum atomic E-state index is 15.1.